The van der Waals surface area contributed by atoms with Crippen LogP contribution in [0.3, 0.4) is 0 Å². The first-order valence-electron chi connectivity index (χ1n) is 7.86. The van der Waals surface area contributed by atoms with Crippen LogP contribution in [0.15, 0.2) is 24.4 Å². The number of aromatic nitrogens is 2. The van der Waals surface area contributed by atoms with Crippen LogP contribution in [0.4, 0.5) is 8.78 Å². The molecule has 4 nitrogen and oxygen atoms in total. The van der Waals surface area contributed by atoms with Gasteiger partial charge in [0.15, 0.2) is 0 Å². The third-order valence-corrected chi connectivity index (χ3v) is 4.40. The molecule has 0 radical (unpaired) electrons. The van der Waals surface area contributed by atoms with Gasteiger partial charge >= 0.3 is 0 Å². The summed E-state index contributed by atoms with van der Waals surface area (Å²) in [6, 6.07) is 3.17. The fourth-order valence-corrected chi connectivity index (χ4v) is 3.38. The number of rotatable bonds is 4. The molecule has 1 aliphatic heterocycles. The Morgan fingerprint density at radius 3 is 2.87 bits per heavy atom. The Hall–Kier alpha value is -1.79. The maximum absolute atomic E-state index is 14.1. The van der Waals surface area contributed by atoms with Crippen LogP contribution in [0.1, 0.15) is 36.2 Å². The lowest BCUT2D eigenvalue weighted by molar-refractivity contribution is 0.172. The van der Waals surface area contributed by atoms with Gasteiger partial charge in [-0.3, -0.25) is 9.58 Å². The van der Waals surface area contributed by atoms with Gasteiger partial charge in [-0.1, -0.05) is 6.92 Å². The predicted octanol–water partition coefficient (Wildman–Crippen LogP) is 2.57. The highest BCUT2D eigenvalue weighted by atomic mass is 19.1. The van der Waals surface area contributed by atoms with Crippen molar-refractivity contribution in [3.05, 3.63) is 52.9 Å². The zero-order valence-corrected chi connectivity index (χ0v) is 13.3. The van der Waals surface area contributed by atoms with E-state index >= 15 is 0 Å². The number of likely N-dealkylation sites (tertiary alicyclic amines) is 1. The lowest BCUT2D eigenvalue weighted by Crippen LogP contribution is -2.25. The summed E-state index contributed by atoms with van der Waals surface area (Å²) in [5.41, 5.74) is 2.36. The van der Waals surface area contributed by atoms with Crippen LogP contribution < -0.4 is 0 Å². The number of aliphatic hydroxyl groups excluding tert-OH is 1. The molecule has 3 rings (SSSR count). The molecule has 1 fully saturated rings. The molecule has 1 saturated heterocycles. The average molecular weight is 321 g/mol. The number of hydrogen-bond acceptors (Lipinski definition) is 3. The molecule has 124 valence electrons. The molecule has 0 bridgehead atoms. The van der Waals surface area contributed by atoms with E-state index in [1.165, 1.54) is 6.07 Å². The average Bonchev–Trinajstić information content (AvgIpc) is 3.04. The van der Waals surface area contributed by atoms with Gasteiger partial charge in [0.2, 0.25) is 0 Å². The zero-order valence-electron chi connectivity index (χ0n) is 13.3. The van der Waals surface area contributed by atoms with Gasteiger partial charge in [0.1, 0.15) is 11.6 Å². The first-order chi connectivity index (χ1) is 11.0. The van der Waals surface area contributed by atoms with Crippen LogP contribution in [-0.2, 0) is 20.0 Å². The van der Waals surface area contributed by atoms with E-state index in [4.69, 9.17) is 0 Å². The second-order valence-electron chi connectivity index (χ2n) is 6.13. The van der Waals surface area contributed by atoms with Crippen molar-refractivity contribution >= 4 is 0 Å². The van der Waals surface area contributed by atoms with Crippen molar-refractivity contribution in [2.45, 2.75) is 38.5 Å². The Kier molecular flexibility index (Phi) is 4.46. The predicted molar refractivity (Wildman–Crippen MR) is 82.7 cm³/mol. The summed E-state index contributed by atoms with van der Waals surface area (Å²) in [4.78, 5) is 2.00. The molecule has 0 aliphatic carbocycles. The van der Waals surface area contributed by atoms with Crippen LogP contribution in [0.5, 0.6) is 0 Å². The minimum Gasteiger partial charge on any atom is -0.392 e. The van der Waals surface area contributed by atoms with Gasteiger partial charge in [-0.25, -0.2) is 8.78 Å². The summed E-state index contributed by atoms with van der Waals surface area (Å²) in [7, 11) is 1.87. The molecule has 0 unspecified atom stereocenters. The Balaban J connectivity index is 1.89. The molecular formula is C17H21F2N3O. The molecule has 2 heterocycles. The van der Waals surface area contributed by atoms with Gasteiger partial charge in [0, 0.05) is 43.5 Å². The van der Waals surface area contributed by atoms with Crippen LogP contribution in [-0.4, -0.2) is 32.4 Å². The van der Waals surface area contributed by atoms with E-state index in [1.807, 2.05) is 25.1 Å². The number of halogens is 2. The van der Waals surface area contributed by atoms with Crippen molar-refractivity contribution < 1.29 is 13.9 Å². The van der Waals surface area contributed by atoms with Gasteiger partial charge in [0.25, 0.3) is 0 Å². The second kappa shape index (κ2) is 6.37. The first kappa shape index (κ1) is 16.1. The summed E-state index contributed by atoms with van der Waals surface area (Å²) in [5.74, 6) is -0.893. The highest BCUT2D eigenvalue weighted by Crippen LogP contribution is 2.35. The molecule has 2 atom stereocenters. The molecule has 6 heteroatoms. The van der Waals surface area contributed by atoms with Gasteiger partial charge in [-0.05, 0) is 31.0 Å². The molecular weight excluding hydrogens is 300 g/mol. The van der Waals surface area contributed by atoms with E-state index in [2.05, 4.69) is 5.10 Å². The van der Waals surface area contributed by atoms with E-state index < -0.39 is 17.7 Å². The lowest BCUT2D eigenvalue weighted by Gasteiger charge is -2.24. The Morgan fingerprint density at radius 2 is 2.13 bits per heavy atom. The van der Waals surface area contributed by atoms with Gasteiger partial charge in [-0.2, -0.15) is 5.10 Å². The van der Waals surface area contributed by atoms with Crippen LogP contribution in [0.25, 0.3) is 0 Å². The fourth-order valence-electron chi connectivity index (χ4n) is 3.38. The monoisotopic (exact) mass is 321 g/mol. The van der Waals surface area contributed by atoms with Crippen molar-refractivity contribution in [3.63, 3.8) is 0 Å². The molecule has 1 N–H and O–H groups in total. The lowest BCUT2D eigenvalue weighted by atomic mass is 10.0. The van der Waals surface area contributed by atoms with E-state index in [-0.39, 0.29) is 6.04 Å². The quantitative estimate of drug-likeness (QED) is 0.941. The highest BCUT2D eigenvalue weighted by molar-refractivity contribution is 5.25. The minimum absolute atomic E-state index is 0.309. The maximum Gasteiger partial charge on any atom is 0.128 e. The smallest absolute Gasteiger partial charge is 0.128 e. The van der Waals surface area contributed by atoms with Crippen molar-refractivity contribution in [3.8, 4) is 0 Å². The normalized spacial score (nSPS) is 22.0. The van der Waals surface area contributed by atoms with Crippen LogP contribution in [0.2, 0.25) is 0 Å². The Labute approximate surface area is 134 Å². The Morgan fingerprint density at radius 1 is 1.35 bits per heavy atom. The molecule has 1 aliphatic rings. The third kappa shape index (κ3) is 3.28. The van der Waals surface area contributed by atoms with Gasteiger partial charge in [-0.15, -0.1) is 0 Å². The number of hydrogen-bond donors (Lipinski definition) is 1. The number of benzene rings is 1. The van der Waals surface area contributed by atoms with Crippen molar-refractivity contribution in [2.24, 2.45) is 7.05 Å². The third-order valence-electron chi connectivity index (χ3n) is 4.40. The number of β-amino-alcohol motifs (C(OH)–C–C–N with tert-alkyl or cyclic N) is 1. The molecule has 1 aromatic carbocycles. The Bertz CT molecular complexity index is 701. The fraction of sp³-hybridized carbons (Fsp3) is 0.471. The van der Waals surface area contributed by atoms with Crippen LogP contribution >= 0.6 is 0 Å². The summed E-state index contributed by atoms with van der Waals surface area (Å²) in [6.07, 6.45) is 2.63. The summed E-state index contributed by atoms with van der Waals surface area (Å²) in [6.45, 7) is 3.04. The van der Waals surface area contributed by atoms with Crippen molar-refractivity contribution in [2.75, 3.05) is 6.54 Å². The summed E-state index contributed by atoms with van der Waals surface area (Å²) >= 11 is 0. The maximum atomic E-state index is 14.1. The molecule has 0 spiro atoms. The molecule has 23 heavy (non-hydrogen) atoms. The van der Waals surface area contributed by atoms with E-state index in [0.29, 0.717) is 25.1 Å². The zero-order chi connectivity index (χ0) is 16.6. The minimum atomic E-state index is -0.538. The molecule has 0 saturated carbocycles. The SMILES string of the molecule is CCc1nn(C)cc1CN1C[C@H](O)C[C@H]1c1cc(F)ccc1F. The second-order valence-corrected chi connectivity index (χ2v) is 6.13. The van der Waals surface area contributed by atoms with Gasteiger partial charge < -0.3 is 5.11 Å². The van der Waals surface area contributed by atoms with Gasteiger partial charge in [0.05, 0.1) is 11.8 Å². The number of nitrogens with zero attached hydrogens (tertiary/aromatic N) is 3. The van der Waals surface area contributed by atoms with Crippen molar-refractivity contribution in [1.82, 2.24) is 14.7 Å². The largest absolute Gasteiger partial charge is 0.392 e. The number of aliphatic hydroxyl groups is 1. The number of aryl methyl sites for hydroxylation is 2. The molecule has 0 amide bonds. The van der Waals surface area contributed by atoms with Crippen molar-refractivity contribution in [1.29, 1.82) is 0 Å². The van der Waals surface area contributed by atoms with E-state index in [0.717, 1.165) is 29.8 Å². The summed E-state index contributed by atoms with van der Waals surface area (Å²) < 4.78 is 29.4. The van der Waals surface area contributed by atoms with Crippen LogP contribution in [0, 0.1) is 11.6 Å². The van der Waals surface area contributed by atoms with E-state index in [1.54, 1.807) is 4.68 Å². The standard InChI is InChI=1S/C17H21F2N3O/c1-3-16-11(8-21(2)20-16)9-22-10-13(23)7-17(22)14-6-12(18)4-5-15(14)19/h4-6,8,13,17,23H,3,7,9-10H2,1-2H3/t13-,17+/m1/s1. The highest BCUT2D eigenvalue weighted by Gasteiger charge is 2.34. The van der Waals surface area contributed by atoms with E-state index in [9.17, 15) is 13.9 Å². The molecule has 1 aromatic heterocycles. The first-order valence-corrected chi connectivity index (χ1v) is 7.86. The summed E-state index contributed by atoms with van der Waals surface area (Å²) in [5, 5.41) is 14.4. The topological polar surface area (TPSA) is 41.3 Å². The molecule has 2 aromatic rings.